The molecule has 19 heavy (non-hydrogen) atoms. The highest BCUT2D eigenvalue weighted by molar-refractivity contribution is 5.84. The quantitative estimate of drug-likeness (QED) is 0.721. The summed E-state index contributed by atoms with van der Waals surface area (Å²) in [6.45, 7) is 9.12. The van der Waals surface area contributed by atoms with Crippen LogP contribution in [0.2, 0.25) is 0 Å². The molecule has 6 nitrogen and oxygen atoms in total. The zero-order chi connectivity index (χ0) is 14.4. The van der Waals surface area contributed by atoms with E-state index in [1.807, 2.05) is 6.92 Å². The van der Waals surface area contributed by atoms with Crippen molar-refractivity contribution in [3.63, 3.8) is 0 Å². The van der Waals surface area contributed by atoms with Crippen LogP contribution in [0.1, 0.15) is 20.8 Å². The van der Waals surface area contributed by atoms with E-state index >= 15 is 0 Å². The molecule has 0 spiro atoms. The van der Waals surface area contributed by atoms with Crippen LogP contribution in [0.4, 0.5) is 0 Å². The molecule has 6 heteroatoms. The smallest absolute Gasteiger partial charge is 0.307 e. The summed E-state index contributed by atoms with van der Waals surface area (Å²) in [5.41, 5.74) is 0. The molecule has 0 bridgehead atoms. The molecule has 1 heterocycles. The number of amides is 1. The molecule has 0 radical (unpaired) electrons. The van der Waals surface area contributed by atoms with Crippen LogP contribution in [-0.2, 0) is 14.3 Å². The minimum absolute atomic E-state index is 0.00837. The van der Waals surface area contributed by atoms with Crippen LogP contribution < -0.4 is 5.32 Å². The molecule has 3 unspecified atom stereocenters. The fourth-order valence-corrected chi connectivity index (χ4v) is 2.03. The highest BCUT2D eigenvalue weighted by atomic mass is 16.5. The van der Waals surface area contributed by atoms with E-state index in [1.54, 1.807) is 13.8 Å². The van der Waals surface area contributed by atoms with Gasteiger partial charge < -0.3 is 15.2 Å². The predicted octanol–water partition coefficient (Wildman–Crippen LogP) is 0.180. The first kappa shape index (κ1) is 15.9. The standard InChI is InChI=1S/C13H24N2O4/c1-9(8-15-4-6-19-7-5-15)14-12(16)10(2)11(3)13(17)18/h9-11H,4-8H2,1-3H3,(H,14,16)(H,17,18). The average Bonchev–Trinajstić information content (AvgIpc) is 2.37. The maximum Gasteiger partial charge on any atom is 0.307 e. The summed E-state index contributed by atoms with van der Waals surface area (Å²) in [4.78, 5) is 25.0. The second-order valence-corrected chi connectivity index (χ2v) is 5.24. The van der Waals surface area contributed by atoms with Crippen LogP contribution in [0, 0.1) is 11.8 Å². The summed E-state index contributed by atoms with van der Waals surface area (Å²) in [6.07, 6.45) is 0. The Morgan fingerprint density at radius 3 is 2.32 bits per heavy atom. The van der Waals surface area contributed by atoms with Crippen LogP contribution in [0.3, 0.4) is 0 Å². The van der Waals surface area contributed by atoms with E-state index in [-0.39, 0.29) is 11.9 Å². The lowest BCUT2D eigenvalue weighted by atomic mass is 9.95. The lowest BCUT2D eigenvalue weighted by molar-refractivity contribution is -0.146. The summed E-state index contributed by atoms with van der Waals surface area (Å²) >= 11 is 0. The number of nitrogens with zero attached hydrogens (tertiary/aromatic N) is 1. The Bertz CT molecular complexity index is 316. The van der Waals surface area contributed by atoms with E-state index in [0.29, 0.717) is 0 Å². The number of carbonyl (C=O) groups excluding carboxylic acids is 1. The number of hydrogen-bond acceptors (Lipinski definition) is 4. The van der Waals surface area contributed by atoms with E-state index in [0.717, 1.165) is 32.8 Å². The van der Waals surface area contributed by atoms with E-state index < -0.39 is 17.8 Å². The normalized spacial score (nSPS) is 21.4. The number of aliphatic carboxylic acids is 1. The summed E-state index contributed by atoms with van der Waals surface area (Å²) in [5.74, 6) is -2.33. The highest BCUT2D eigenvalue weighted by Gasteiger charge is 2.26. The summed E-state index contributed by atoms with van der Waals surface area (Å²) in [6, 6.07) is 0.00837. The van der Waals surface area contributed by atoms with Crippen molar-refractivity contribution in [2.24, 2.45) is 11.8 Å². The summed E-state index contributed by atoms with van der Waals surface area (Å²) in [7, 11) is 0. The molecule has 1 amide bonds. The molecule has 3 atom stereocenters. The highest BCUT2D eigenvalue weighted by Crippen LogP contribution is 2.11. The van der Waals surface area contributed by atoms with E-state index in [4.69, 9.17) is 9.84 Å². The van der Waals surface area contributed by atoms with Crippen molar-refractivity contribution in [3.05, 3.63) is 0 Å². The van der Waals surface area contributed by atoms with Gasteiger partial charge in [0.1, 0.15) is 0 Å². The molecule has 2 N–H and O–H groups in total. The Morgan fingerprint density at radius 1 is 1.21 bits per heavy atom. The van der Waals surface area contributed by atoms with Crippen LogP contribution in [0.25, 0.3) is 0 Å². The number of morpholine rings is 1. The molecule has 0 aromatic rings. The molecule has 1 fully saturated rings. The third kappa shape index (κ3) is 5.16. The number of rotatable bonds is 6. The average molecular weight is 272 g/mol. The maximum atomic E-state index is 11.9. The second-order valence-electron chi connectivity index (χ2n) is 5.24. The molecule has 1 rings (SSSR count). The lowest BCUT2D eigenvalue weighted by Crippen LogP contribution is -2.48. The molecule has 0 saturated carbocycles. The van der Waals surface area contributed by atoms with Gasteiger partial charge in [-0.2, -0.15) is 0 Å². The Balaban J connectivity index is 2.36. The molecule has 1 aliphatic rings. The molecular formula is C13H24N2O4. The van der Waals surface area contributed by atoms with Crippen LogP contribution in [0.15, 0.2) is 0 Å². The van der Waals surface area contributed by atoms with Crippen molar-refractivity contribution in [1.29, 1.82) is 0 Å². The predicted molar refractivity (Wildman–Crippen MR) is 70.8 cm³/mol. The van der Waals surface area contributed by atoms with Crippen molar-refractivity contribution >= 4 is 11.9 Å². The molecule has 1 aliphatic heterocycles. The first-order valence-electron chi connectivity index (χ1n) is 6.75. The lowest BCUT2D eigenvalue weighted by Gasteiger charge is -2.30. The van der Waals surface area contributed by atoms with E-state index in [1.165, 1.54) is 0 Å². The number of ether oxygens (including phenoxy) is 1. The van der Waals surface area contributed by atoms with Crippen LogP contribution in [0.5, 0.6) is 0 Å². The Kier molecular flexibility index (Phi) is 6.24. The van der Waals surface area contributed by atoms with Gasteiger partial charge in [0.05, 0.1) is 19.1 Å². The van der Waals surface area contributed by atoms with E-state index in [9.17, 15) is 9.59 Å². The van der Waals surface area contributed by atoms with Gasteiger partial charge in [0.15, 0.2) is 0 Å². The Labute approximate surface area is 114 Å². The first-order valence-corrected chi connectivity index (χ1v) is 6.75. The third-order valence-corrected chi connectivity index (χ3v) is 3.58. The number of carboxylic acid groups (broad SMARTS) is 1. The van der Waals surface area contributed by atoms with Crippen molar-refractivity contribution in [1.82, 2.24) is 10.2 Å². The van der Waals surface area contributed by atoms with Gasteiger partial charge in [0.2, 0.25) is 5.91 Å². The van der Waals surface area contributed by atoms with Gasteiger partial charge in [0, 0.05) is 31.6 Å². The van der Waals surface area contributed by atoms with Gasteiger partial charge in [-0.3, -0.25) is 14.5 Å². The summed E-state index contributed by atoms with van der Waals surface area (Å²) in [5, 5.41) is 11.8. The molecule has 1 saturated heterocycles. The third-order valence-electron chi connectivity index (χ3n) is 3.58. The molecule has 0 aromatic carbocycles. The Hall–Kier alpha value is -1.14. The molecule has 0 aliphatic carbocycles. The largest absolute Gasteiger partial charge is 0.481 e. The SMILES string of the molecule is CC(CN1CCOCC1)NC(=O)C(C)C(C)C(=O)O. The van der Waals surface area contributed by atoms with Crippen LogP contribution >= 0.6 is 0 Å². The molecule has 0 aromatic heterocycles. The van der Waals surface area contributed by atoms with Gasteiger partial charge in [-0.15, -0.1) is 0 Å². The number of hydrogen-bond donors (Lipinski definition) is 2. The Morgan fingerprint density at radius 2 is 1.79 bits per heavy atom. The van der Waals surface area contributed by atoms with Crippen molar-refractivity contribution in [2.45, 2.75) is 26.8 Å². The second kappa shape index (κ2) is 7.45. The topological polar surface area (TPSA) is 78.9 Å². The van der Waals surface area contributed by atoms with E-state index in [2.05, 4.69) is 10.2 Å². The zero-order valence-corrected chi connectivity index (χ0v) is 11.9. The zero-order valence-electron chi connectivity index (χ0n) is 11.9. The van der Waals surface area contributed by atoms with Gasteiger partial charge in [-0.1, -0.05) is 13.8 Å². The van der Waals surface area contributed by atoms with Gasteiger partial charge >= 0.3 is 5.97 Å². The van der Waals surface area contributed by atoms with Gasteiger partial charge in [-0.25, -0.2) is 0 Å². The van der Waals surface area contributed by atoms with Crippen molar-refractivity contribution in [2.75, 3.05) is 32.8 Å². The molecular weight excluding hydrogens is 248 g/mol. The molecule has 110 valence electrons. The van der Waals surface area contributed by atoms with Crippen molar-refractivity contribution in [3.8, 4) is 0 Å². The van der Waals surface area contributed by atoms with Gasteiger partial charge in [-0.05, 0) is 6.92 Å². The number of carbonyl (C=O) groups is 2. The number of carboxylic acids is 1. The first-order chi connectivity index (χ1) is 8.91. The monoisotopic (exact) mass is 272 g/mol. The fraction of sp³-hybridized carbons (Fsp3) is 0.846. The van der Waals surface area contributed by atoms with Crippen LogP contribution in [-0.4, -0.2) is 60.8 Å². The number of nitrogens with one attached hydrogen (secondary N) is 1. The minimum Gasteiger partial charge on any atom is -0.481 e. The fourth-order valence-electron chi connectivity index (χ4n) is 2.03. The summed E-state index contributed by atoms with van der Waals surface area (Å²) < 4.78 is 5.26. The minimum atomic E-state index is -0.941. The van der Waals surface area contributed by atoms with Gasteiger partial charge in [0.25, 0.3) is 0 Å². The van der Waals surface area contributed by atoms with Crippen molar-refractivity contribution < 1.29 is 19.4 Å². The maximum absolute atomic E-state index is 11.9.